The normalized spacial score (nSPS) is 20.8. The average Bonchev–Trinajstić information content (AvgIpc) is 2.81. The van der Waals surface area contributed by atoms with Crippen molar-refractivity contribution in [2.45, 2.75) is 37.8 Å². The minimum Gasteiger partial charge on any atom is -0.376 e. The summed E-state index contributed by atoms with van der Waals surface area (Å²) in [4.78, 5) is 1.39. The Labute approximate surface area is 138 Å². The van der Waals surface area contributed by atoms with E-state index in [1.807, 2.05) is 6.92 Å². The summed E-state index contributed by atoms with van der Waals surface area (Å²) in [6.45, 7) is 6.90. The van der Waals surface area contributed by atoms with Crippen molar-refractivity contribution in [1.29, 1.82) is 0 Å². The van der Waals surface area contributed by atoms with Crippen LogP contribution in [0.3, 0.4) is 0 Å². The fourth-order valence-corrected chi connectivity index (χ4v) is 6.29. The SMILES string of the molecule is CCCNCc1cc(S(=O)(=O)N2CCOC(C)C2)c(Br)s1. The maximum Gasteiger partial charge on any atom is 0.245 e. The molecule has 1 atom stereocenters. The first-order valence-electron chi connectivity index (χ1n) is 7.05. The molecule has 5 nitrogen and oxygen atoms in total. The fourth-order valence-electron chi connectivity index (χ4n) is 2.19. The Morgan fingerprint density at radius 1 is 1.57 bits per heavy atom. The second-order valence-electron chi connectivity index (χ2n) is 5.07. The van der Waals surface area contributed by atoms with Crippen LogP contribution in [0.15, 0.2) is 14.7 Å². The van der Waals surface area contributed by atoms with Crippen LogP contribution in [0.5, 0.6) is 0 Å². The van der Waals surface area contributed by atoms with Crippen molar-refractivity contribution < 1.29 is 13.2 Å². The van der Waals surface area contributed by atoms with Gasteiger partial charge in [0.15, 0.2) is 0 Å². The van der Waals surface area contributed by atoms with Gasteiger partial charge in [-0.2, -0.15) is 4.31 Å². The van der Waals surface area contributed by atoms with E-state index in [1.54, 1.807) is 6.07 Å². The molecule has 0 aromatic carbocycles. The van der Waals surface area contributed by atoms with Gasteiger partial charge in [0.05, 0.1) is 16.5 Å². The molecule has 0 bridgehead atoms. The van der Waals surface area contributed by atoms with Crippen LogP contribution in [0, 0.1) is 0 Å². The largest absolute Gasteiger partial charge is 0.376 e. The summed E-state index contributed by atoms with van der Waals surface area (Å²) in [5, 5.41) is 3.29. The summed E-state index contributed by atoms with van der Waals surface area (Å²) in [7, 11) is -3.45. The van der Waals surface area contributed by atoms with Crippen LogP contribution in [-0.4, -0.2) is 45.1 Å². The van der Waals surface area contributed by atoms with Gasteiger partial charge in [0.25, 0.3) is 0 Å². The zero-order valence-electron chi connectivity index (χ0n) is 12.3. The summed E-state index contributed by atoms with van der Waals surface area (Å²) in [6.07, 6.45) is 1.00. The smallest absolute Gasteiger partial charge is 0.245 e. The number of morpholine rings is 1. The van der Waals surface area contributed by atoms with Gasteiger partial charge in [0.2, 0.25) is 10.0 Å². The number of rotatable bonds is 6. The van der Waals surface area contributed by atoms with E-state index in [-0.39, 0.29) is 6.10 Å². The number of halogens is 1. The molecule has 0 saturated carbocycles. The van der Waals surface area contributed by atoms with E-state index in [0.717, 1.165) is 17.8 Å². The Morgan fingerprint density at radius 3 is 3.00 bits per heavy atom. The van der Waals surface area contributed by atoms with E-state index in [4.69, 9.17) is 4.74 Å². The molecule has 1 fully saturated rings. The van der Waals surface area contributed by atoms with Crippen LogP contribution < -0.4 is 5.32 Å². The second kappa shape index (κ2) is 7.52. The van der Waals surface area contributed by atoms with Gasteiger partial charge >= 0.3 is 0 Å². The van der Waals surface area contributed by atoms with E-state index in [1.165, 1.54) is 15.6 Å². The minimum absolute atomic E-state index is 0.0587. The molecule has 1 aromatic rings. The molecule has 0 radical (unpaired) electrons. The molecule has 1 unspecified atom stereocenters. The standard InChI is InChI=1S/C13H21BrN2O3S2/c1-3-4-15-8-11-7-12(13(14)20-11)21(17,18)16-5-6-19-10(2)9-16/h7,10,15H,3-6,8-9H2,1-2H3. The van der Waals surface area contributed by atoms with Crippen molar-refractivity contribution in [3.05, 3.63) is 14.7 Å². The van der Waals surface area contributed by atoms with Crippen molar-refractivity contribution >= 4 is 37.3 Å². The molecule has 1 aliphatic rings. The van der Waals surface area contributed by atoms with Gasteiger partial charge in [-0.25, -0.2) is 8.42 Å². The summed E-state index contributed by atoms with van der Waals surface area (Å²) in [6, 6.07) is 1.77. The summed E-state index contributed by atoms with van der Waals surface area (Å²) < 4.78 is 33.0. The first-order chi connectivity index (χ1) is 9.95. The molecule has 1 aliphatic heterocycles. The maximum absolute atomic E-state index is 12.7. The quantitative estimate of drug-likeness (QED) is 0.750. The van der Waals surface area contributed by atoms with Crippen LogP contribution in [0.25, 0.3) is 0 Å². The monoisotopic (exact) mass is 396 g/mol. The molecule has 2 heterocycles. The van der Waals surface area contributed by atoms with Crippen LogP contribution in [0.2, 0.25) is 0 Å². The molecule has 0 amide bonds. The van der Waals surface area contributed by atoms with Gasteiger partial charge in [-0.1, -0.05) is 6.92 Å². The van der Waals surface area contributed by atoms with Crippen LogP contribution >= 0.6 is 27.3 Å². The topological polar surface area (TPSA) is 58.6 Å². The van der Waals surface area contributed by atoms with Crippen molar-refractivity contribution in [3.63, 3.8) is 0 Å². The molecular formula is C13H21BrN2O3S2. The molecule has 2 rings (SSSR count). The van der Waals surface area contributed by atoms with E-state index in [9.17, 15) is 8.42 Å². The molecule has 21 heavy (non-hydrogen) atoms. The predicted octanol–water partition coefficient (Wildman–Crippen LogP) is 2.42. The maximum atomic E-state index is 12.7. The molecule has 1 N–H and O–H groups in total. The minimum atomic E-state index is -3.45. The number of ether oxygens (including phenoxy) is 1. The van der Waals surface area contributed by atoms with E-state index >= 15 is 0 Å². The lowest BCUT2D eigenvalue weighted by Gasteiger charge is -2.30. The highest BCUT2D eigenvalue weighted by molar-refractivity contribution is 9.11. The average molecular weight is 397 g/mol. The Hall–Kier alpha value is 0.01000. The highest BCUT2D eigenvalue weighted by Crippen LogP contribution is 2.34. The zero-order chi connectivity index (χ0) is 15.5. The highest BCUT2D eigenvalue weighted by Gasteiger charge is 2.31. The summed E-state index contributed by atoms with van der Waals surface area (Å²) >= 11 is 4.87. The second-order valence-corrected chi connectivity index (χ2v) is 9.43. The number of nitrogens with one attached hydrogen (secondary N) is 1. The van der Waals surface area contributed by atoms with Crippen molar-refractivity contribution in [2.75, 3.05) is 26.2 Å². The van der Waals surface area contributed by atoms with Crippen LogP contribution in [0.1, 0.15) is 25.1 Å². The van der Waals surface area contributed by atoms with E-state index < -0.39 is 10.0 Å². The molecule has 1 aromatic heterocycles. The van der Waals surface area contributed by atoms with E-state index in [2.05, 4.69) is 28.2 Å². The van der Waals surface area contributed by atoms with Gasteiger partial charge in [-0.3, -0.25) is 0 Å². The summed E-state index contributed by atoms with van der Waals surface area (Å²) in [5.41, 5.74) is 0. The number of thiophene rings is 1. The lowest BCUT2D eigenvalue weighted by atomic mass is 10.3. The van der Waals surface area contributed by atoms with Crippen molar-refractivity contribution in [3.8, 4) is 0 Å². The number of hydrogen-bond acceptors (Lipinski definition) is 5. The Bertz CT molecular complexity index is 574. The zero-order valence-corrected chi connectivity index (χ0v) is 15.5. The number of nitrogens with zero attached hydrogens (tertiary/aromatic N) is 1. The molecule has 8 heteroatoms. The molecule has 1 saturated heterocycles. The number of hydrogen-bond donors (Lipinski definition) is 1. The van der Waals surface area contributed by atoms with E-state index in [0.29, 0.717) is 34.9 Å². The fraction of sp³-hybridized carbons (Fsp3) is 0.692. The van der Waals surface area contributed by atoms with Crippen LogP contribution in [-0.2, 0) is 21.3 Å². The third-order valence-corrected chi connectivity index (χ3v) is 7.37. The van der Waals surface area contributed by atoms with Gasteiger partial charge in [0.1, 0.15) is 4.90 Å². The predicted molar refractivity (Wildman–Crippen MR) is 88.2 cm³/mol. The van der Waals surface area contributed by atoms with Gasteiger partial charge in [-0.05, 0) is 41.9 Å². The third-order valence-electron chi connectivity index (χ3n) is 3.25. The number of sulfonamides is 1. The Morgan fingerprint density at radius 2 is 2.33 bits per heavy atom. The molecular weight excluding hydrogens is 376 g/mol. The molecule has 0 spiro atoms. The lowest BCUT2D eigenvalue weighted by molar-refractivity contribution is 0.0102. The molecule has 0 aliphatic carbocycles. The Kier molecular flexibility index (Phi) is 6.22. The summed E-state index contributed by atoms with van der Waals surface area (Å²) in [5.74, 6) is 0. The van der Waals surface area contributed by atoms with Gasteiger partial charge in [0, 0.05) is 24.5 Å². The van der Waals surface area contributed by atoms with Gasteiger partial charge < -0.3 is 10.1 Å². The van der Waals surface area contributed by atoms with Crippen molar-refractivity contribution in [2.24, 2.45) is 0 Å². The van der Waals surface area contributed by atoms with Crippen molar-refractivity contribution in [1.82, 2.24) is 9.62 Å². The van der Waals surface area contributed by atoms with Gasteiger partial charge in [-0.15, -0.1) is 11.3 Å². The third kappa shape index (κ3) is 4.27. The Balaban J connectivity index is 2.15. The highest BCUT2D eigenvalue weighted by atomic mass is 79.9. The van der Waals surface area contributed by atoms with Crippen LogP contribution in [0.4, 0.5) is 0 Å². The first kappa shape index (κ1) is 17.4. The molecule has 120 valence electrons. The lowest BCUT2D eigenvalue weighted by Crippen LogP contribution is -2.44. The first-order valence-corrected chi connectivity index (χ1v) is 10.1.